The van der Waals surface area contributed by atoms with E-state index in [4.69, 9.17) is 0 Å². The highest BCUT2D eigenvalue weighted by Gasteiger charge is 2.15. The molecule has 0 fully saturated rings. The van der Waals surface area contributed by atoms with Gasteiger partial charge in [-0.1, -0.05) is 15.9 Å². The fourth-order valence-corrected chi connectivity index (χ4v) is 3.21. The summed E-state index contributed by atoms with van der Waals surface area (Å²) in [5, 5.41) is 9.76. The van der Waals surface area contributed by atoms with Gasteiger partial charge < -0.3 is 10.6 Å². The van der Waals surface area contributed by atoms with Gasteiger partial charge >= 0.3 is 0 Å². The summed E-state index contributed by atoms with van der Waals surface area (Å²) in [6.07, 6.45) is -2.71. The molecule has 0 aliphatic heterocycles. The number of benzene rings is 1. The Balaban J connectivity index is 1.75. The second kappa shape index (κ2) is 7.35. The lowest BCUT2D eigenvalue weighted by Crippen LogP contribution is -2.15. The fourth-order valence-electron chi connectivity index (χ4n) is 2.14. The number of nitrogens with one attached hydrogen (secondary N) is 2. The Morgan fingerprint density at radius 2 is 1.96 bits per heavy atom. The summed E-state index contributed by atoms with van der Waals surface area (Å²) in [4.78, 5) is 12.2. The van der Waals surface area contributed by atoms with E-state index in [0.717, 1.165) is 15.3 Å². The van der Waals surface area contributed by atoms with Crippen LogP contribution in [0.2, 0.25) is 0 Å². The van der Waals surface area contributed by atoms with E-state index in [9.17, 15) is 8.78 Å². The van der Waals surface area contributed by atoms with Crippen molar-refractivity contribution in [1.82, 2.24) is 15.0 Å². The van der Waals surface area contributed by atoms with Crippen LogP contribution in [0.5, 0.6) is 0 Å². The maximum atomic E-state index is 13.0. The molecule has 126 valence electrons. The number of fused-ring (bicyclic) bond motifs is 1. The van der Waals surface area contributed by atoms with Crippen molar-refractivity contribution in [3.8, 4) is 0 Å². The average Bonchev–Trinajstić information content (AvgIpc) is 2.96. The van der Waals surface area contributed by atoms with Crippen molar-refractivity contribution in [2.75, 3.05) is 23.7 Å². The van der Waals surface area contributed by atoms with Crippen LogP contribution >= 0.6 is 27.3 Å². The molecule has 0 saturated carbocycles. The largest absolute Gasteiger partial charge is 0.368 e. The van der Waals surface area contributed by atoms with Gasteiger partial charge in [-0.2, -0.15) is 0 Å². The molecule has 9 heteroatoms. The summed E-state index contributed by atoms with van der Waals surface area (Å²) in [7, 11) is 0. The van der Waals surface area contributed by atoms with Gasteiger partial charge in [-0.15, -0.1) is 11.3 Å². The molecule has 0 radical (unpaired) electrons. The van der Waals surface area contributed by atoms with E-state index in [1.165, 1.54) is 11.3 Å². The van der Waals surface area contributed by atoms with Gasteiger partial charge in [0.05, 0.1) is 11.2 Å². The third-order valence-corrected chi connectivity index (χ3v) is 4.59. The van der Waals surface area contributed by atoms with E-state index in [-0.39, 0.29) is 0 Å². The number of hydrogen-bond donors (Lipinski definition) is 2. The predicted molar refractivity (Wildman–Crippen MR) is 96.0 cm³/mol. The van der Waals surface area contributed by atoms with Crippen molar-refractivity contribution < 1.29 is 8.78 Å². The van der Waals surface area contributed by atoms with E-state index in [1.54, 1.807) is 12.1 Å². The molecule has 0 unspecified atom stereocenters. The van der Waals surface area contributed by atoms with Crippen molar-refractivity contribution >= 4 is 49.1 Å². The first-order valence-electron chi connectivity index (χ1n) is 7.18. The Labute approximate surface area is 149 Å². The quantitative estimate of drug-likeness (QED) is 0.577. The van der Waals surface area contributed by atoms with E-state index in [0.29, 0.717) is 29.8 Å². The standard InChI is InChI=1S/C15H14BrF2N5S/c1-8-7-24-15(21-8)20-5-4-19-13-10-6-9(16)2-3-11(10)22-14(23-13)12(17)18/h2-3,6-7,12H,4-5H2,1H3,(H,20,21)(H,19,22,23). The van der Waals surface area contributed by atoms with Gasteiger partial charge in [-0.05, 0) is 25.1 Å². The topological polar surface area (TPSA) is 62.7 Å². The van der Waals surface area contributed by atoms with Crippen LogP contribution < -0.4 is 10.6 Å². The van der Waals surface area contributed by atoms with Gasteiger partial charge in [0.25, 0.3) is 6.43 Å². The molecule has 0 amide bonds. The Hall–Kier alpha value is -1.87. The Bertz CT molecular complexity index is 855. The molecule has 24 heavy (non-hydrogen) atoms. The minimum absolute atomic E-state index is 0.397. The highest BCUT2D eigenvalue weighted by Crippen LogP contribution is 2.27. The van der Waals surface area contributed by atoms with Crippen molar-refractivity contribution in [2.45, 2.75) is 13.3 Å². The summed E-state index contributed by atoms with van der Waals surface area (Å²) in [5.41, 5.74) is 1.44. The van der Waals surface area contributed by atoms with Gasteiger partial charge in [0.15, 0.2) is 11.0 Å². The zero-order valence-corrected chi connectivity index (χ0v) is 15.1. The van der Waals surface area contributed by atoms with Crippen LogP contribution in [0.4, 0.5) is 19.7 Å². The minimum Gasteiger partial charge on any atom is -0.368 e. The van der Waals surface area contributed by atoms with Crippen molar-refractivity contribution in [3.63, 3.8) is 0 Å². The lowest BCUT2D eigenvalue weighted by molar-refractivity contribution is 0.141. The number of rotatable bonds is 6. The first-order chi connectivity index (χ1) is 11.5. The summed E-state index contributed by atoms with van der Waals surface area (Å²) >= 11 is 4.90. The summed E-state index contributed by atoms with van der Waals surface area (Å²) < 4.78 is 26.8. The molecule has 0 spiro atoms. The normalized spacial score (nSPS) is 11.2. The number of hydrogen-bond acceptors (Lipinski definition) is 6. The van der Waals surface area contributed by atoms with E-state index in [2.05, 4.69) is 41.5 Å². The van der Waals surface area contributed by atoms with Crippen LogP contribution in [0.3, 0.4) is 0 Å². The molecule has 2 N–H and O–H groups in total. The highest BCUT2D eigenvalue weighted by molar-refractivity contribution is 9.10. The van der Waals surface area contributed by atoms with Gasteiger partial charge in [0.2, 0.25) is 0 Å². The highest BCUT2D eigenvalue weighted by atomic mass is 79.9. The smallest absolute Gasteiger partial charge is 0.297 e. The molecule has 0 aliphatic carbocycles. The van der Waals surface area contributed by atoms with Gasteiger partial charge in [-0.3, -0.25) is 0 Å². The number of alkyl halides is 2. The molecule has 0 atom stereocenters. The SMILES string of the molecule is Cc1csc(NCCNc2nc(C(F)F)nc3ccc(Br)cc23)n1. The molecule has 2 aromatic heterocycles. The monoisotopic (exact) mass is 413 g/mol. The van der Waals surface area contributed by atoms with Crippen LogP contribution in [0.1, 0.15) is 17.9 Å². The molecule has 0 bridgehead atoms. The first-order valence-corrected chi connectivity index (χ1v) is 8.85. The first kappa shape index (κ1) is 17.0. The zero-order chi connectivity index (χ0) is 17.1. The Morgan fingerprint density at radius 1 is 1.17 bits per heavy atom. The lowest BCUT2D eigenvalue weighted by atomic mass is 10.2. The molecule has 0 saturated heterocycles. The fraction of sp³-hybridized carbons (Fsp3) is 0.267. The van der Waals surface area contributed by atoms with Crippen molar-refractivity contribution in [1.29, 1.82) is 0 Å². The number of anilines is 2. The molecule has 3 rings (SSSR count). The van der Waals surface area contributed by atoms with Crippen LogP contribution in [-0.4, -0.2) is 28.0 Å². The lowest BCUT2D eigenvalue weighted by Gasteiger charge is -2.11. The number of thiazole rings is 1. The van der Waals surface area contributed by atoms with Gasteiger partial charge in [0.1, 0.15) is 5.82 Å². The molecular weight excluding hydrogens is 400 g/mol. The third-order valence-electron chi connectivity index (χ3n) is 3.18. The van der Waals surface area contributed by atoms with Crippen LogP contribution in [0, 0.1) is 6.92 Å². The second-order valence-corrected chi connectivity index (χ2v) is 6.81. The summed E-state index contributed by atoms with van der Waals surface area (Å²) in [6, 6.07) is 5.26. The Kier molecular flexibility index (Phi) is 5.20. The molecule has 5 nitrogen and oxygen atoms in total. The summed E-state index contributed by atoms with van der Waals surface area (Å²) in [6.45, 7) is 3.03. The van der Waals surface area contributed by atoms with Crippen LogP contribution in [-0.2, 0) is 0 Å². The third kappa shape index (κ3) is 3.96. The molecule has 0 aliphatic rings. The summed E-state index contributed by atoms with van der Waals surface area (Å²) in [5.74, 6) is -0.0791. The Morgan fingerprint density at radius 3 is 2.67 bits per heavy atom. The average molecular weight is 414 g/mol. The molecular formula is C15H14BrF2N5S. The van der Waals surface area contributed by atoms with Gasteiger partial charge in [0, 0.05) is 28.3 Å². The minimum atomic E-state index is -2.71. The van der Waals surface area contributed by atoms with E-state index in [1.807, 2.05) is 18.4 Å². The maximum Gasteiger partial charge on any atom is 0.297 e. The zero-order valence-electron chi connectivity index (χ0n) is 12.7. The van der Waals surface area contributed by atoms with Crippen molar-refractivity contribution in [2.24, 2.45) is 0 Å². The number of halogens is 3. The van der Waals surface area contributed by atoms with Gasteiger partial charge in [-0.25, -0.2) is 23.7 Å². The predicted octanol–water partition coefficient (Wildman–Crippen LogP) is 4.62. The van der Waals surface area contributed by atoms with Crippen LogP contribution in [0.15, 0.2) is 28.1 Å². The molecule has 2 heterocycles. The number of aromatic nitrogens is 3. The molecule has 3 aromatic rings. The van der Waals surface area contributed by atoms with E-state index < -0.39 is 12.2 Å². The number of nitrogens with zero attached hydrogens (tertiary/aromatic N) is 3. The molecule has 1 aromatic carbocycles. The number of aryl methyl sites for hydroxylation is 1. The second-order valence-electron chi connectivity index (χ2n) is 5.04. The maximum absolute atomic E-state index is 13.0. The van der Waals surface area contributed by atoms with Crippen molar-refractivity contribution in [3.05, 3.63) is 39.6 Å². The van der Waals surface area contributed by atoms with Crippen LogP contribution in [0.25, 0.3) is 10.9 Å². The van der Waals surface area contributed by atoms with E-state index >= 15 is 0 Å².